The van der Waals surface area contributed by atoms with E-state index in [9.17, 15) is 0 Å². The van der Waals surface area contributed by atoms with Gasteiger partial charge in [0.2, 0.25) is 0 Å². The molecule has 0 saturated heterocycles. The van der Waals surface area contributed by atoms with E-state index in [-0.39, 0.29) is 0 Å². The third-order valence-corrected chi connectivity index (χ3v) is 2.87. The topological polar surface area (TPSA) is 39.1 Å². The van der Waals surface area contributed by atoms with Gasteiger partial charge in [-0.05, 0) is 32.1 Å². The molecule has 0 radical (unpaired) electrons. The monoisotopic (exact) mass is 245 g/mol. The molecular formula is C14H19N3O. The van der Waals surface area contributed by atoms with Crippen molar-refractivity contribution in [2.24, 2.45) is 0 Å². The number of hydrogen-bond donors (Lipinski definition) is 1. The van der Waals surface area contributed by atoms with Crippen LogP contribution in [-0.2, 0) is 6.54 Å². The highest BCUT2D eigenvalue weighted by atomic mass is 16.5. The Hall–Kier alpha value is -1.81. The van der Waals surface area contributed by atoms with Crippen LogP contribution in [0.15, 0.2) is 36.7 Å². The van der Waals surface area contributed by atoms with Gasteiger partial charge in [-0.2, -0.15) is 0 Å². The van der Waals surface area contributed by atoms with Gasteiger partial charge in [0.25, 0.3) is 0 Å². The summed E-state index contributed by atoms with van der Waals surface area (Å²) in [7, 11) is 3.65. The lowest BCUT2D eigenvalue weighted by Gasteiger charge is -2.08. The van der Waals surface area contributed by atoms with Gasteiger partial charge in [0, 0.05) is 24.5 Å². The highest BCUT2D eigenvalue weighted by Gasteiger charge is 2.06. The van der Waals surface area contributed by atoms with E-state index in [0.29, 0.717) is 0 Å². The molecule has 2 rings (SSSR count). The van der Waals surface area contributed by atoms with Gasteiger partial charge < -0.3 is 14.6 Å². The Bertz CT molecular complexity index is 493. The minimum Gasteiger partial charge on any atom is -0.497 e. The van der Waals surface area contributed by atoms with E-state index in [1.165, 1.54) is 0 Å². The first-order valence-electron chi connectivity index (χ1n) is 6.15. The second-order valence-corrected chi connectivity index (χ2v) is 4.13. The fraction of sp³-hybridized carbons (Fsp3) is 0.357. The van der Waals surface area contributed by atoms with Crippen molar-refractivity contribution >= 4 is 0 Å². The van der Waals surface area contributed by atoms with Crippen LogP contribution in [0.1, 0.15) is 6.42 Å². The number of ether oxygens (including phenoxy) is 1. The fourth-order valence-electron chi connectivity index (χ4n) is 1.94. The molecule has 0 saturated carbocycles. The predicted molar refractivity (Wildman–Crippen MR) is 72.8 cm³/mol. The standard InChI is InChI=1S/C14H19N3O/c1-15-7-4-9-17-10-8-16-14(17)12-5-3-6-13(11-12)18-2/h3,5-6,8,10-11,15H,4,7,9H2,1-2H3. The number of nitrogens with one attached hydrogen (secondary N) is 1. The smallest absolute Gasteiger partial charge is 0.140 e. The summed E-state index contributed by atoms with van der Waals surface area (Å²) in [6.45, 7) is 1.98. The number of methoxy groups -OCH3 is 1. The molecule has 0 aliphatic carbocycles. The van der Waals surface area contributed by atoms with Gasteiger partial charge >= 0.3 is 0 Å². The lowest BCUT2D eigenvalue weighted by Crippen LogP contribution is -2.11. The van der Waals surface area contributed by atoms with E-state index in [2.05, 4.69) is 20.9 Å². The zero-order valence-electron chi connectivity index (χ0n) is 10.9. The van der Waals surface area contributed by atoms with Crippen molar-refractivity contribution in [3.8, 4) is 17.1 Å². The number of aryl methyl sites for hydroxylation is 1. The van der Waals surface area contributed by atoms with E-state index in [1.54, 1.807) is 7.11 Å². The molecule has 0 aliphatic heterocycles. The Labute approximate surface area is 108 Å². The molecule has 4 nitrogen and oxygen atoms in total. The van der Waals surface area contributed by atoms with E-state index >= 15 is 0 Å². The van der Waals surface area contributed by atoms with Crippen molar-refractivity contribution in [1.29, 1.82) is 0 Å². The summed E-state index contributed by atoms with van der Waals surface area (Å²) in [6.07, 6.45) is 4.95. The molecule has 0 fully saturated rings. The molecular weight excluding hydrogens is 226 g/mol. The molecule has 4 heteroatoms. The molecule has 2 aromatic rings. The maximum atomic E-state index is 5.24. The van der Waals surface area contributed by atoms with Crippen molar-refractivity contribution in [3.63, 3.8) is 0 Å². The molecule has 1 aromatic carbocycles. The number of nitrogens with zero attached hydrogens (tertiary/aromatic N) is 2. The SMILES string of the molecule is CNCCCn1ccnc1-c1cccc(OC)c1. The number of hydrogen-bond acceptors (Lipinski definition) is 3. The minimum atomic E-state index is 0.859. The average molecular weight is 245 g/mol. The number of rotatable bonds is 6. The van der Waals surface area contributed by atoms with Crippen LogP contribution in [0.2, 0.25) is 0 Å². The molecule has 0 bridgehead atoms. The number of benzene rings is 1. The zero-order chi connectivity index (χ0) is 12.8. The van der Waals surface area contributed by atoms with Crippen LogP contribution in [0, 0.1) is 0 Å². The third-order valence-electron chi connectivity index (χ3n) is 2.87. The quantitative estimate of drug-likeness (QED) is 0.793. The van der Waals surface area contributed by atoms with Crippen molar-refractivity contribution in [3.05, 3.63) is 36.7 Å². The highest BCUT2D eigenvalue weighted by Crippen LogP contribution is 2.22. The molecule has 1 aromatic heterocycles. The predicted octanol–water partition coefficient (Wildman–Crippen LogP) is 2.17. The van der Waals surface area contributed by atoms with Crippen LogP contribution >= 0.6 is 0 Å². The minimum absolute atomic E-state index is 0.859. The molecule has 96 valence electrons. The summed E-state index contributed by atoms with van der Waals surface area (Å²) in [5.74, 6) is 1.85. The lowest BCUT2D eigenvalue weighted by atomic mass is 10.2. The van der Waals surface area contributed by atoms with Crippen LogP contribution in [0.5, 0.6) is 5.75 Å². The maximum Gasteiger partial charge on any atom is 0.140 e. The molecule has 18 heavy (non-hydrogen) atoms. The Morgan fingerprint density at radius 1 is 1.39 bits per heavy atom. The molecule has 0 spiro atoms. The van der Waals surface area contributed by atoms with Gasteiger partial charge in [-0.25, -0.2) is 4.98 Å². The van der Waals surface area contributed by atoms with Crippen molar-refractivity contribution in [1.82, 2.24) is 14.9 Å². The lowest BCUT2D eigenvalue weighted by molar-refractivity contribution is 0.415. The van der Waals surface area contributed by atoms with Gasteiger partial charge in [-0.1, -0.05) is 12.1 Å². The van der Waals surface area contributed by atoms with Crippen LogP contribution < -0.4 is 10.1 Å². The van der Waals surface area contributed by atoms with Crippen molar-refractivity contribution in [2.75, 3.05) is 20.7 Å². The van der Waals surface area contributed by atoms with Crippen LogP contribution in [-0.4, -0.2) is 30.3 Å². The second kappa shape index (κ2) is 6.21. The van der Waals surface area contributed by atoms with E-state index in [0.717, 1.165) is 36.6 Å². The summed E-state index contributed by atoms with van der Waals surface area (Å²) < 4.78 is 7.42. The van der Waals surface area contributed by atoms with Gasteiger partial charge in [0.15, 0.2) is 0 Å². The summed E-state index contributed by atoms with van der Waals surface area (Å²) >= 11 is 0. The van der Waals surface area contributed by atoms with Crippen molar-refractivity contribution < 1.29 is 4.74 Å². The van der Waals surface area contributed by atoms with Gasteiger partial charge in [-0.3, -0.25) is 0 Å². The molecule has 0 atom stereocenters. The summed E-state index contributed by atoms with van der Waals surface area (Å²) in [6, 6.07) is 7.99. The Balaban J connectivity index is 2.19. The maximum absolute atomic E-state index is 5.24. The largest absolute Gasteiger partial charge is 0.497 e. The summed E-state index contributed by atoms with van der Waals surface area (Å²) in [5.41, 5.74) is 1.09. The molecule has 0 amide bonds. The zero-order valence-corrected chi connectivity index (χ0v) is 10.9. The fourth-order valence-corrected chi connectivity index (χ4v) is 1.94. The number of imidazole rings is 1. The summed E-state index contributed by atoms with van der Waals surface area (Å²) in [5, 5.41) is 3.15. The molecule has 0 unspecified atom stereocenters. The first-order valence-corrected chi connectivity index (χ1v) is 6.15. The van der Waals surface area contributed by atoms with E-state index in [1.807, 2.05) is 37.6 Å². The summed E-state index contributed by atoms with van der Waals surface area (Å²) in [4.78, 5) is 4.43. The Morgan fingerprint density at radius 2 is 2.28 bits per heavy atom. The van der Waals surface area contributed by atoms with Gasteiger partial charge in [-0.15, -0.1) is 0 Å². The van der Waals surface area contributed by atoms with Gasteiger partial charge in [0.05, 0.1) is 7.11 Å². The van der Waals surface area contributed by atoms with E-state index < -0.39 is 0 Å². The average Bonchev–Trinajstić information content (AvgIpc) is 2.87. The Morgan fingerprint density at radius 3 is 3.06 bits per heavy atom. The van der Waals surface area contributed by atoms with Crippen LogP contribution in [0.4, 0.5) is 0 Å². The van der Waals surface area contributed by atoms with Gasteiger partial charge in [0.1, 0.15) is 11.6 Å². The van der Waals surface area contributed by atoms with Crippen LogP contribution in [0.25, 0.3) is 11.4 Å². The third kappa shape index (κ3) is 2.90. The normalized spacial score (nSPS) is 10.6. The molecule has 0 aliphatic rings. The van der Waals surface area contributed by atoms with E-state index in [4.69, 9.17) is 4.74 Å². The van der Waals surface area contributed by atoms with Crippen LogP contribution in [0.3, 0.4) is 0 Å². The number of aromatic nitrogens is 2. The second-order valence-electron chi connectivity index (χ2n) is 4.13. The first kappa shape index (κ1) is 12.6. The highest BCUT2D eigenvalue weighted by molar-refractivity contribution is 5.58. The Kier molecular flexibility index (Phi) is 4.36. The first-order chi connectivity index (χ1) is 8.85. The molecule has 1 N–H and O–H groups in total. The molecule has 1 heterocycles. The van der Waals surface area contributed by atoms with Crippen molar-refractivity contribution in [2.45, 2.75) is 13.0 Å².